The molecule has 0 saturated heterocycles. The third-order valence-electron chi connectivity index (χ3n) is 3.30. The summed E-state index contributed by atoms with van der Waals surface area (Å²) in [5.41, 5.74) is -0.256. The molecule has 0 aromatic carbocycles. The van der Waals surface area contributed by atoms with Gasteiger partial charge >= 0.3 is 5.69 Å². The van der Waals surface area contributed by atoms with Crippen LogP contribution < -0.4 is 5.32 Å². The van der Waals surface area contributed by atoms with E-state index in [2.05, 4.69) is 5.32 Å². The minimum atomic E-state index is -3.48. The number of nitro groups is 1. The van der Waals surface area contributed by atoms with Crippen LogP contribution in [-0.2, 0) is 9.84 Å². The topological polar surface area (TPSA) is 110 Å². The summed E-state index contributed by atoms with van der Waals surface area (Å²) in [7, 11) is -3.48. The molecule has 0 bridgehead atoms. The predicted molar refractivity (Wildman–Crippen MR) is 76.0 cm³/mol. The Hall–Kier alpha value is -1.19. The number of aliphatic hydroxyl groups is 1. The summed E-state index contributed by atoms with van der Waals surface area (Å²) in [5, 5.41) is 24.0. The van der Waals surface area contributed by atoms with Gasteiger partial charge in [0.25, 0.3) is 0 Å². The van der Waals surface area contributed by atoms with Crippen LogP contribution in [0.15, 0.2) is 10.3 Å². The summed E-state index contributed by atoms with van der Waals surface area (Å²) in [6, 6.07) is 0.797. The smallest absolute Gasteiger partial charge is 0.304 e. The maximum absolute atomic E-state index is 11.5. The van der Waals surface area contributed by atoms with Crippen LogP contribution in [0.5, 0.6) is 0 Å². The first-order valence-corrected chi connectivity index (χ1v) is 8.92. The second kappa shape index (κ2) is 5.66. The first kappa shape index (κ1) is 15.2. The first-order valence-electron chi connectivity index (χ1n) is 6.22. The minimum Gasteiger partial charge on any atom is -0.391 e. The molecule has 0 spiro atoms. The number of sulfone groups is 1. The number of hydrogen-bond donors (Lipinski definition) is 2. The minimum absolute atomic E-state index is 0.0444. The number of rotatable bonds is 4. The van der Waals surface area contributed by atoms with Crippen molar-refractivity contribution in [2.45, 2.75) is 42.0 Å². The zero-order valence-electron chi connectivity index (χ0n) is 10.9. The molecule has 20 heavy (non-hydrogen) atoms. The van der Waals surface area contributed by atoms with Crippen molar-refractivity contribution >= 4 is 31.9 Å². The summed E-state index contributed by atoms with van der Waals surface area (Å²) in [4.78, 5) is 10.4. The van der Waals surface area contributed by atoms with Gasteiger partial charge in [0.05, 0.1) is 17.1 Å². The molecule has 1 aliphatic rings. The molecule has 1 aliphatic carbocycles. The van der Waals surface area contributed by atoms with E-state index in [9.17, 15) is 23.6 Å². The fourth-order valence-corrected chi connectivity index (χ4v) is 4.23. The van der Waals surface area contributed by atoms with E-state index in [0.717, 1.165) is 36.5 Å². The molecule has 0 aliphatic heterocycles. The molecule has 0 amide bonds. The number of nitrogens with zero attached hydrogens (tertiary/aromatic N) is 1. The van der Waals surface area contributed by atoms with Gasteiger partial charge < -0.3 is 10.4 Å². The standard InChI is InChI=1S/C11H16N2O5S2/c1-20(17,18)10-6-8(13(15)16)11(19-10)12-7-4-2-3-5-9(7)14/h6-7,9,12,14H,2-5H2,1H3/t7-,9-/m0/s1. The maximum atomic E-state index is 11.5. The van der Waals surface area contributed by atoms with Crippen LogP contribution in [0.1, 0.15) is 25.7 Å². The highest BCUT2D eigenvalue weighted by atomic mass is 32.2. The van der Waals surface area contributed by atoms with Gasteiger partial charge in [0, 0.05) is 12.3 Å². The van der Waals surface area contributed by atoms with Crippen LogP contribution >= 0.6 is 11.3 Å². The Morgan fingerprint density at radius 2 is 2.10 bits per heavy atom. The summed E-state index contributed by atoms with van der Waals surface area (Å²) in [5.74, 6) is 0. The average molecular weight is 320 g/mol. The van der Waals surface area contributed by atoms with Crippen molar-refractivity contribution in [1.82, 2.24) is 0 Å². The Kier molecular flexibility index (Phi) is 4.31. The van der Waals surface area contributed by atoms with Crippen molar-refractivity contribution in [3.63, 3.8) is 0 Å². The fraction of sp³-hybridized carbons (Fsp3) is 0.636. The fourth-order valence-electron chi connectivity index (χ4n) is 2.23. The lowest BCUT2D eigenvalue weighted by Crippen LogP contribution is -2.36. The van der Waals surface area contributed by atoms with Gasteiger partial charge in [-0.3, -0.25) is 10.1 Å². The van der Waals surface area contributed by atoms with Gasteiger partial charge in [0.1, 0.15) is 4.21 Å². The van der Waals surface area contributed by atoms with E-state index in [1.807, 2.05) is 0 Å². The molecule has 2 N–H and O–H groups in total. The Labute approximate surface area is 120 Å². The van der Waals surface area contributed by atoms with E-state index >= 15 is 0 Å². The third kappa shape index (κ3) is 3.28. The summed E-state index contributed by atoms with van der Waals surface area (Å²) < 4.78 is 22.9. The molecule has 112 valence electrons. The van der Waals surface area contributed by atoms with Gasteiger partial charge in [-0.2, -0.15) is 0 Å². The van der Waals surface area contributed by atoms with E-state index in [0.29, 0.717) is 12.8 Å². The van der Waals surface area contributed by atoms with Gasteiger partial charge in [-0.1, -0.05) is 24.2 Å². The molecular weight excluding hydrogens is 304 g/mol. The van der Waals surface area contributed by atoms with E-state index in [4.69, 9.17) is 0 Å². The molecule has 1 saturated carbocycles. The lowest BCUT2D eigenvalue weighted by molar-refractivity contribution is -0.383. The van der Waals surface area contributed by atoms with Crippen molar-refractivity contribution in [1.29, 1.82) is 0 Å². The Morgan fingerprint density at radius 1 is 1.45 bits per heavy atom. The van der Waals surface area contributed by atoms with Crippen molar-refractivity contribution in [3.05, 3.63) is 16.2 Å². The SMILES string of the molecule is CS(=O)(=O)c1cc([N+](=O)[O-])c(N[C@H]2CCCC[C@@H]2O)s1. The van der Waals surface area contributed by atoms with E-state index in [1.165, 1.54) is 0 Å². The Morgan fingerprint density at radius 3 is 2.65 bits per heavy atom. The van der Waals surface area contributed by atoms with Crippen LogP contribution in [0.25, 0.3) is 0 Å². The van der Waals surface area contributed by atoms with E-state index in [-0.39, 0.29) is 20.9 Å². The van der Waals surface area contributed by atoms with Crippen molar-refractivity contribution < 1.29 is 18.4 Å². The van der Waals surface area contributed by atoms with E-state index in [1.54, 1.807) is 0 Å². The van der Waals surface area contributed by atoms with Crippen molar-refractivity contribution in [2.24, 2.45) is 0 Å². The largest absolute Gasteiger partial charge is 0.391 e. The van der Waals surface area contributed by atoms with Gasteiger partial charge in [-0.15, -0.1) is 0 Å². The molecule has 2 rings (SSSR count). The zero-order chi connectivity index (χ0) is 14.9. The Bertz CT molecular complexity index is 610. The Balaban J connectivity index is 2.30. The highest BCUT2D eigenvalue weighted by Crippen LogP contribution is 2.38. The van der Waals surface area contributed by atoms with Gasteiger partial charge in [-0.05, 0) is 12.8 Å². The molecule has 0 unspecified atom stereocenters. The second-order valence-corrected chi connectivity index (χ2v) is 8.21. The van der Waals surface area contributed by atoms with Gasteiger partial charge in [0.2, 0.25) is 0 Å². The van der Waals surface area contributed by atoms with Crippen LogP contribution in [0, 0.1) is 10.1 Å². The molecule has 9 heteroatoms. The van der Waals surface area contributed by atoms with Gasteiger partial charge in [0.15, 0.2) is 14.8 Å². The van der Waals surface area contributed by atoms with E-state index < -0.39 is 20.9 Å². The predicted octanol–water partition coefficient (Wildman–Crippen LogP) is 1.78. The molecule has 1 aromatic heterocycles. The highest BCUT2D eigenvalue weighted by Gasteiger charge is 2.29. The normalized spacial score (nSPS) is 23.5. The summed E-state index contributed by atoms with van der Waals surface area (Å²) >= 11 is 0.839. The quantitative estimate of drug-likeness (QED) is 0.646. The summed E-state index contributed by atoms with van der Waals surface area (Å²) in [6.45, 7) is 0. The lowest BCUT2D eigenvalue weighted by Gasteiger charge is -2.28. The molecule has 7 nitrogen and oxygen atoms in total. The number of anilines is 1. The second-order valence-electron chi connectivity index (χ2n) is 4.91. The third-order valence-corrected chi connectivity index (χ3v) is 6.16. The van der Waals surface area contributed by atoms with Crippen LogP contribution in [0.3, 0.4) is 0 Å². The van der Waals surface area contributed by atoms with Crippen LogP contribution in [0.4, 0.5) is 10.7 Å². The number of hydrogen-bond acceptors (Lipinski definition) is 7. The monoisotopic (exact) mass is 320 g/mol. The molecule has 2 atom stereocenters. The number of nitrogens with one attached hydrogen (secondary N) is 1. The molecular formula is C11H16N2O5S2. The molecule has 0 radical (unpaired) electrons. The number of thiophene rings is 1. The molecule has 1 aromatic rings. The van der Waals surface area contributed by atoms with Crippen molar-refractivity contribution in [3.8, 4) is 0 Å². The van der Waals surface area contributed by atoms with Crippen LogP contribution in [0.2, 0.25) is 0 Å². The molecule has 1 fully saturated rings. The van der Waals surface area contributed by atoms with Crippen molar-refractivity contribution in [2.75, 3.05) is 11.6 Å². The first-order chi connectivity index (χ1) is 9.29. The molecule has 1 heterocycles. The number of aliphatic hydroxyl groups excluding tert-OH is 1. The lowest BCUT2D eigenvalue weighted by atomic mass is 9.93. The highest BCUT2D eigenvalue weighted by molar-refractivity contribution is 7.92. The van der Waals surface area contributed by atoms with Crippen LogP contribution in [-0.4, -0.2) is 36.8 Å². The maximum Gasteiger partial charge on any atom is 0.304 e. The zero-order valence-corrected chi connectivity index (χ0v) is 12.5. The average Bonchev–Trinajstić information content (AvgIpc) is 2.76. The van der Waals surface area contributed by atoms with Gasteiger partial charge in [-0.25, -0.2) is 8.42 Å². The summed E-state index contributed by atoms with van der Waals surface area (Å²) in [6.07, 6.45) is 3.68.